The number of hydrogen-bond acceptors (Lipinski definition) is 5. The SMILES string of the molecule is O=C(C1=C(O)C(=O)N(Cc2ccc(F)cc2)C1c1ccc(O)cc1)c1cc2cc(Br)ccc2o1. The van der Waals surface area contributed by atoms with Crippen molar-refractivity contribution in [2.45, 2.75) is 12.6 Å². The number of benzene rings is 3. The normalized spacial score (nSPS) is 16.0. The molecule has 3 aromatic carbocycles. The highest BCUT2D eigenvalue weighted by atomic mass is 79.9. The lowest BCUT2D eigenvalue weighted by Crippen LogP contribution is -2.30. The minimum Gasteiger partial charge on any atom is -0.508 e. The Bertz CT molecular complexity index is 1460. The first kappa shape index (κ1) is 21.9. The van der Waals surface area contributed by atoms with E-state index < -0.39 is 29.3 Å². The Balaban J connectivity index is 1.59. The molecule has 6 nitrogen and oxygen atoms in total. The molecule has 0 spiro atoms. The number of phenols is 1. The van der Waals surface area contributed by atoms with Gasteiger partial charge in [0.05, 0.1) is 11.6 Å². The summed E-state index contributed by atoms with van der Waals surface area (Å²) in [5.74, 6) is -2.45. The lowest BCUT2D eigenvalue weighted by molar-refractivity contribution is -0.130. The molecule has 2 N–H and O–H groups in total. The van der Waals surface area contributed by atoms with Crippen LogP contribution in [0.2, 0.25) is 0 Å². The molecule has 1 aliphatic rings. The lowest BCUT2D eigenvalue weighted by atomic mass is 9.94. The Morgan fingerprint density at radius 1 is 1.00 bits per heavy atom. The van der Waals surface area contributed by atoms with Gasteiger partial charge in [-0.2, -0.15) is 0 Å². The summed E-state index contributed by atoms with van der Waals surface area (Å²) >= 11 is 3.38. The van der Waals surface area contributed by atoms with Gasteiger partial charge in [0, 0.05) is 16.4 Å². The molecule has 8 heteroatoms. The van der Waals surface area contributed by atoms with Gasteiger partial charge in [0.25, 0.3) is 5.91 Å². The highest BCUT2D eigenvalue weighted by molar-refractivity contribution is 9.10. The Morgan fingerprint density at radius 2 is 1.71 bits per heavy atom. The van der Waals surface area contributed by atoms with Crippen LogP contribution < -0.4 is 0 Å². The van der Waals surface area contributed by atoms with Crippen LogP contribution in [0.1, 0.15) is 27.7 Å². The number of halogens is 2. The van der Waals surface area contributed by atoms with Gasteiger partial charge >= 0.3 is 0 Å². The predicted molar refractivity (Wildman–Crippen MR) is 126 cm³/mol. The molecule has 2 heterocycles. The summed E-state index contributed by atoms with van der Waals surface area (Å²) in [6.45, 7) is 0.0264. The van der Waals surface area contributed by atoms with E-state index >= 15 is 0 Å². The number of ketones is 1. The molecule has 0 radical (unpaired) electrons. The highest BCUT2D eigenvalue weighted by Gasteiger charge is 2.44. The molecule has 1 aromatic heterocycles. The summed E-state index contributed by atoms with van der Waals surface area (Å²) in [6, 6.07) is 17.5. The minimum atomic E-state index is -0.939. The molecule has 5 rings (SSSR count). The van der Waals surface area contributed by atoms with Gasteiger partial charge in [0.15, 0.2) is 11.5 Å². The van der Waals surface area contributed by atoms with Crippen LogP contribution in [0.4, 0.5) is 4.39 Å². The number of carbonyl (C=O) groups excluding carboxylic acids is 2. The summed E-state index contributed by atoms with van der Waals surface area (Å²) in [6.07, 6.45) is 0. The summed E-state index contributed by atoms with van der Waals surface area (Å²) < 4.78 is 19.9. The van der Waals surface area contributed by atoms with Gasteiger partial charge in [-0.1, -0.05) is 40.2 Å². The predicted octanol–water partition coefficient (Wildman–Crippen LogP) is 5.82. The number of aromatic hydroxyl groups is 1. The van der Waals surface area contributed by atoms with E-state index in [1.165, 1.54) is 41.3 Å². The maximum absolute atomic E-state index is 13.5. The lowest BCUT2D eigenvalue weighted by Gasteiger charge is -2.27. The second kappa shape index (κ2) is 8.46. The third kappa shape index (κ3) is 3.86. The number of aliphatic hydroxyl groups is 1. The van der Waals surface area contributed by atoms with Gasteiger partial charge in [-0.3, -0.25) is 9.59 Å². The Hall–Kier alpha value is -3.91. The van der Waals surface area contributed by atoms with Crippen molar-refractivity contribution in [1.29, 1.82) is 0 Å². The van der Waals surface area contributed by atoms with Crippen molar-refractivity contribution >= 4 is 38.6 Å². The van der Waals surface area contributed by atoms with E-state index in [0.717, 1.165) is 4.47 Å². The maximum atomic E-state index is 13.5. The number of amides is 1. The van der Waals surface area contributed by atoms with Crippen LogP contribution in [0.15, 0.2) is 93.0 Å². The summed E-state index contributed by atoms with van der Waals surface area (Å²) in [5.41, 5.74) is 1.49. The zero-order valence-electron chi connectivity index (χ0n) is 17.5. The number of nitrogens with zero attached hydrogens (tertiary/aromatic N) is 1. The highest BCUT2D eigenvalue weighted by Crippen LogP contribution is 2.41. The van der Waals surface area contributed by atoms with Gasteiger partial charge in [-0.05, 0) is 59.7 Å². The molecule has 0 bridgehead atoms. The molecule has 0 saturated carbocycles. The van der Waals surface area contributed by atoms with Crippen LogP contribution in [0.3, 0.4) is 0 Å². The molecular formula is C26H17BrFNO5. The Kier molecular flexibility index (Phi) is 5.45. The molecule has 1 unspecified atom stereocenters. The fourth-order valence-corrected chi connectivity index (χ4v) is 4.48. The fraction of sp³-hybridized carbons (Fsp3) is 0.0769. The van der Waals surface area contributed by atoms with E-state index in [-0.39, 0.29) is 23.6 Å². The molecule has 4 aromatic rings. The second-order valence-corrected chi connectivity index (χ2v) is 8.85. The average molecular weight is 522 g/mol. The first-order valence-electron chi connectivity index (χ1n) is 10.3. The quantitative estimate of drug-likeness (QED) is 0.323. The van der Waals surface area contributed by atoms with Crippen LogP contribution in [-0.4, -0.2) is 26.8 Å². The number of Topliss-reactive ketones (excluding diaryl/α,β-unsaturated/α-hetero) is 1. The third-order valence-electron chi connectivity index (χ3n) is 5.73. The zero-order chi connectivity index (χ0) is 24.0. The molecular weight excluding hydrogens is 505 g/mol. The number of hydrogen-bond donors (Lipinski definition) is 2. The Labute approximate surface area is 201 Å². The number of phenolic OH excluding ortho intramolecular Hbond substituents is 1. The standard InChI is InChI=1S/C26H17BrFNO5/c27-17-5-10-20-16(11-17)12-21(34-20)24(31)22-23(15-3-8-19(30)9-4-15)29(26(33)25(22)32)13-14-1-6-18(28)7-2-14/h1-12,23,30,32H,13H2. The third-order valence-corrected chi connectivity index (χ3v) is 6.22. The van der Waals surface area contributed by atoms with E-state index in [4.69, 9.17) is 4.42 Å². The van der Waals surface area contributed by atoms with Crippen molar-refractivity contribution in [3.8, 4) is 5.75 Å². The van der Waals surface area contributed by atoms with Crippen molar-refractivity contribution in [3.05, 3.63) is 111 Å². The molecule has 34 heavy (non-hydrogen) atoms. The average Bonchev–Trinajstić information content (AvgIpc) is 3.35. The van der Waals surface area contributed by atoms with Crippen LogP contribution in [0.5, 0.6) is 5.75 Å². The smallest absolute Gasteiger partial charge is 0.290 e. The first-order chi connectivity index (χ1) is 16.3. The fourth-order valence-electron chi connectivity index (χ4n) is 4.10. The second-order valence-electron chi connectivity index (χ2n) is 7.94. The number of aliphatic hydroxyl groups excluding tert-OH is 1. The number of carbonyl (C=O) groups is 2. The van der Waals surface area contributed by atoms with Crippen molar-refractivity contribution in [1.82, 2.24) is 4.90 Å². The van der Waals surface area contributed by atoms with Crippen molar-refractivity contribution in [3.63, 3.8) is 0 Å². The summed E-state index contributed by atoms with van der Waals surface area (Å²) in [5, 5.41) is 21.2. The van der Waals surface area contributed by atoms with Gasteiger partial charge in [0.2, 0.25) is 5.78 Å². The van der Waals surface area contributed by atoms with Crippen LogP contribution in [0.25, 0.3) is 11.0 Å². The molecule has 0 fully saturated rings. The molecule has 1 amide bonds. The molecule has 1 aliphatic heterocycles. The van der Waals surface area contributed by atoms with Gasteiger partial charge in [0.1, 0.15) is 17.1 Å². The number of furan rings is 1. The zero-order valence-corrected chi connectivity index (χ0v) is 19.1. The first-order valence-corrected chi connectivity index (χ1v) is 11.1. The molecule has 1 atom stereocenters. The summed E-state index contributed by atoms with van der Waals surface area (Å²) in [7, 11) is 0. The van der Waals surface area contributed by atoms with E-state index in [1.807, 2.05) is 0 Å². The van der Waals surface area contributed by atoms with E-state index in [0.29, 0.717) is 22.1 Å². The molecule has 170 valence electrons. The van der Waals surface area contributed by atoms with Gasteiger partial charge in [-0.25, -0.2) is 4.39 Å². The van der Waals surface area contributed by atoms with Crippen LogP contribution in [0, 0.1) is 5.82 Å². The van der Waals surface area contributed by atoms with Crippen LogP contribution in [-0.2, 0) is 11.3 Å². The van der Waals surface area contributed by atoms with Crippen molar-refractivity contribution < 1.29 is 28.6 Å². The largest absolute Gasteiger partial charge is 0.508 e. The van der Waals surface area contributed by atoms with Gasteiger partial charge in [-0.15, -0.1) is 0 Å². The van der Waals surface area contributed by atoms with Crippen molar-refractivity contribution in [2.24, 2.45) is 0 Å². The van der Waals surface area contributed by atoms with E-state index in [1.54, 1.807) is 36.4 Å². The summed E-state index contributed by atoms with van der Waals surface area (Å²) in [4.78, 5) is 28.0. The number of rotatable bonds is 5. The molecule has 0 aliphatic carbocycles. The van der Waals surface area contributed by atoms with Crippen molar-refractivity contribution in [2.75, 3.05) is 0 Å². The topological polar surface area (TPSA) is 91.0 Å². The van der Waals surface area contributed by atoms with Crippen LogP contribution >= 0.6 is 15.9 Å². The number of fused-ring (bicyclic) bond motifs is 1. The van der Waals surface area contributed by atoms with E-state index in [9.17, 15) is 24.2 Å². The monoisotopic (exact) mass is 521 g/mol. The van der Waals surface area contributed by atoms with E-state index in [2.05, 4.69) is 15.9 Å². The Morgan fingerprint density at radius 3 is 2.41 bits per heavy atom. The maximum Gasteiger partial charge on any atom is 0.290 e. The van der Waals surface area contributed by atoms with Gasteiger partial charge < -0.3 is 19.5 Å². The minimum absolute atomic E-state index is 0.0158. The molecule has 0 saturated heterocycles.